The van der Waals surface area contributed by atoms with E-state index in [-0.39, 0.29) is 12.1 Å². The minimum Gasteiger partial charge on any atom is -0.462 e. The lowest BCUT2D eigenvalue weighted by Gasteiger charge is -2.21. The molecule has 1 saturated heterocycles. The Kier molecular flexibility index (Phi) is 3.36. The first kappa shape index (κ1) is 10.6. The van der Waals surface area contributed by atoms with Crippen molar-refractivity contribution in [3.8, 4) is 0 Å². The molecule has 0 saturated carbocycles. The molecule has 1 atom stereocenters. The van der Waals surface area contributed by atoms with Gasteiger partial charge < -0.3 is 4.74 Å². The summed E-state index contributed by atoms with van der Waals surface area (Å²) in [5.41, 5.74) is 0.962. The molecule has 3 nitrogen and oxygen atoms in total. The van der Waals surface area contributed by atoms with E-state index in [9.17, 15) is 4.79 Å². The molecule has 1 fully saturated rings. The molecule has 0 amide bonds. The van der Waals surface area contributed by atoms with Gasteiger partial charge in [0.15, 0.2) is 0 Å². The van der Waals surface area contributed by atoms with Crippen LogP contribution in [0.5, 0.6) is 0 Å². The standard InChI is InChI=1S/C11H12BrNO2/c12-10-5-1-3-8(13-10)7-9-4-2-6-11(14)15-9/h1,3,5,9H,2,4,6-7H2. The predicted octanol–water partition coefficient (Wildman–Crippen LogP) is 2.48. The summed E-state index contributed by atoms with van der Waals surface area (Å²) >= 11 is 3.32. The van der Waals surface area contributed by atoms with Gasteiger partial charge >= 0.3 is 5.97 Å². The summed E-state index contributed by atoms with van der Waals surface area (Å²) in [5.74, 6) is -0.0822. The summed E-state index contributed by atoms with van der Waals surface area (Å²) in [6.45, 7) is 0. The zero-order valence-corrected chi connectivity index (χ0v) is 9.87. The van der Waals surface area contributed by atoms with Crippen LogP contribution in [0.4, 0.5) is 0 Å². The maximum absolute atomic E-state index is 11.1. The van der Waals surface area contributed by atoms with E-state index in [0.29, 0.717) is 12.8 Å². The Morgan fingerprint density at radius 3 is 3.13 bits per heavy atom. The van der Waals surface area contributed by atoms with Crippen molar-refractivity contribution in [2.24, 2.45) is 0 Å². The summed E-state index contributed by atoms with van der Waals surface area (Å²) in [5, 5.41) is 0. The van der Waals surface area contributed by atoms with E-state index < -0.39 is 0 Å². The van der Waals surface area contributed by atoms with Crippen LogP contribution in [0.3, 0.4) is 0 Å². The Morgan fingerprint density at radius 2 is 2.40 bits per heavy atom. The molecule has 1 unspecified atom stereocenters. The van der Waals surface area contributed by atoms with Gasteiger partial charge in [-0.1, -0.05) is 6.07 Å². The van der Waals surface area contributed by atoms with E-state index in [0.717, 1.165) is 23.1 Å². The molecule has 0 N–H and O–H groups in total. The number of ether oxygens (including phenoxy) is 1. The summed E-state index contributed by atoms with van der Waals surface area (Å²) in [6, 6.07) is 5.78. The van der Waals surface area contributed by atoms with Crippen molar-refractivity contribution in [2.75, 3.05) is 0 Å². The molecule has 0 aromatic carbocycles. The number of pyridine rings is 1. The highest BCUT2D eigenvalue weighted by molar-refractivity contribution is 9.10. The average Bonchev–Trinajstić information content (AvgIpc) is 2.17. The Morgan fingerprint density at radius 1 is 1.53 bits per heavy atom. The van der Waals surface area contributed by atoms with Crippen molar-refractivity contribution in [1.82, 2.24) is 4.98 Å². The number of rotatable bonds is 2. The molecule has 15 heavy (non-hydrogen) atoms. The van der Waals surface area contributed by atoms with Crippen molar-refractivity contribution in [3.63, 3.8) is 0 Å². The average molecular weight is 270 g/mol. The van der Waals surface area contributed by atoms with Gasteiger partial charge in [0.2, 0.25) is 0 Å². The monoisotopic (exact) mass is 269 g/mol. The largest absolute Gasteiger partial charge is 0.462 e. The Balaban J connectivity index is 1.99. The summed E-state index contributed by atoms with van der Waals surface area (Å²) in [4.78, 5) is 15.4. The fraction of sp³-hybridized carbons (Fsp3) is 0.455. The van der Waals surface area contributed by atoms with Gasteiger partial charge in [-0.05, 0) is 40.9 Å². The van der Waals surface area contributed by atoms with E-state index in [1.54, 1.807) is 0 Å². The Labute approximate surface area is 97.0 Å². The third-order valence-electron chi connectivity index (χ3n) is 2.41. The molecule has 4 heteroatoms. The van der Waals surface area contributed by atoms with Gasteiger partial charge in [0.1, 0.15) is 10.7 Å². The van der Waals surface area contributed by atoms with Crippen LogP contribution >= 0.6 is 15.9 Å². The van der Waals surface area contributed by atoms with Crippen LogP contribution in [0.2, 0.25) is 0 Å². The van der Waals surface area contributed by atoms with Crippen LogP contribution in [-0.4, -0.2) is 17.1 Å². The molecule has 0 spiro atoms. The lowest BCUT2D eigenvalue weighted by Crippen LogP contribution is -2.25. The highest BCUT2D eigenvalue weighted by Crippen LogP contribution is 2.18. The molecule has 2 heterocycles. The van der Waals surface area contributed by atoms with Crippen molar-refractivity contribution in [2.45, 2.75) is 31.8 Å². The van der Waals surface area contributed by atoms with Crippen molar-refractivity contribution in [3.05, 3.63) is 28.5 Å². The maximum atomic E-state index is 11.1. The number of carbonyl (C=O) groups is 1. The topological polar surface area (TPSA) is 39.2 Å². The molecule has 0 aliphatic carbocycles. The SMILES string of the molecule is O=C1CCCC(Cc2cccc(Br)n2)O1. The molecule has 0 bridgehead atoms. The van der Waals surface area contributed by atoms with Gasteiger partial charge in [-0.25, -0.2) is 4.98 Å². The van der Waals surface area contributed by atoms with E-state index >= 15 is 0 Å². The van der Waals surface area contributed by atoms with Gasteiger partial charge in [0.25, 0.3) is 0 Å². The van der Waals surface area contributed by atoms with Crippen molar-refractivity contribution in [1.29, 1.82) is 0 Å². The minimum atomic E-state index is -0.0822. The number of esters is 1. The number of halogens is 1. The summed E-state index contributed by atoms with van der Waals surface area (Å²) in [7, 11) is 0. The van der Waals surface area contributed by atoms with Crippen molar-refractivity contribution >= 4 is 21.9 Å². The van der Waals surface area contributed by atoms with Crippen molar-refractivity contribution < 1.29 is 9.53 Å². The molecular formula is C11H12BrNO2. The van der Waals surface area contributed by atoms with Gasteiger partial charge in [0, 0.05) is 18.5 Å². The van der Waals surface area contributed by atoms with Crippen LogP contribution in [0, 0.1) is 0 Å². The molecule has 0 radical (unpaired) electrons. The first-order chi connectivity index (χ1) is 7.24. The fourth-order valence-electron chi connectivity index (χ4n) is 1.72. The fourth-order valence-corrected chi connectivity index (χ4v) is 2.10. The number of nitrogens with zero attached hydrogens (tertiary/aromatic N) is 1. The molecule has 1 aromatic heterocycles. The zero-order chi connectivity index (χ0) is 10.7. The predicted molar refractivity (Wildman–Crippen MR) is 59.4 cm³/mol. The lowest BCUT2D eigenvalue weighted by atomic mass is 10.0. The maximum Gasteiger partial charge on any atom is 0.306 e. The molecule has 2 rings (SSSR count). The highest BCUT2D eigenvalue weighted by atomic mass is 79.9. The van der Waals surface area contributed by atoms with Crippen LogP contribution < -0.4 is 0 Å². The molecule has 80 valence electrons. The van der Waals surface area contributed by atoms with Crippen LogP contribution in [-0.2, 0) is 16.0 Å². The number of cyclic esters (lactones) is 1. The lowest BCUT2D eigenvalue weighted by molar-refractivity contribution is -0.153. The number of carbonyl (C=O) groups excluding carboxylic acids is 1. The number of hydrogen-bond donors (Lipinski definition) is 0. The minimum absolute atomic E-state index is 0.00745. The van der Waals surface area contributed by atoms with Crippen LogP contribution in [0.25, 0.3) is 0 Å². The third kappa shape index (κ3) is 3.02. The number of hydrogen-bond acceptors (Lipinski definition) is 3. The Bertz CT molecular complexity index is 367. The first-order valence-corrected chi connectivity index (χ1v) is 5.84. The second-order valence-electron chi connectivity index (χ2n) is 3.66. The summed E-state index contributed by atoms with van der Waals surface area (Å²) < 4.78 is 6.06. The highest BCUT2D eigenvalue weighted by Gasteiger charge is 2.20. The van der Waals surface area contributed by atoms with Gasteiger partial charge in [-0.3, -0.25) is 4.79 Å². The van der Waals surface area contributed by atoms with Crippen LogP contribution in [0.15, 0.2) is 22.8 Å². The quantitative estimate of drug-likeness (QED) is 0.612. The molecule has 1 aromatic rings. The van der Waals surface area contributed by atoms with Gasteiger partial charge in [-0.15, -0.1) is 0 Å². The second kappa shape index (κ2) is 4.75. The zero-order valence-electron chi connectivity index (χ0n) is 8.28. The van der Waals surface area contributed by atoms with E-state index in [2.05, 4.69) is 20.9 Å². The third-order valence-corrected chi connectivity index (χ3v) is 2.86. The summed E-state index contributed by atoms with van der Waals surface area (Å²) in [6.07, 6.45) is 3.15. The van der Waals surface area contributed by atoms with E-state index in [4.69, 9.17) is 4.74 Å². The van der Waals surface area contributed by atoms with E-state index in [1.165, 1.54) is 0 Å². The molecule has 1 aliphatic heterocycles. The smallest absolute Gasteiger partial charge is 0.306 e. The van der Waals surface area contributed by atoms with E-state index in [1.807, 2.05) is 18.2 Å². The van der Waals surface area contributed by atoms with Gasteiger partial charge in [0.05, 0.1) is 0 Å². The number of aromatic nitrogens is 1. The molecular weight excluding hydrogens is 258 g/mol. The normalized spacial score (nSPS) is 21.1. The Hall–Kier alpha value is -0.900. The molecule has 1 aliphatic rings. The van der Waals surface area contributed by atoms with Crippen LogP contribution in [0.1, 0.15) is 25.0 Å². The first-order valence-electron chi connectivity index (χ1n) is 5.05. The second-order valence-corrected chi connectivity index (χ2v) is 4.47. The van der Waals surface area contributed by atoms with Gasteiger partial charge in [-0.2, -0.15) is 0 Å².